The molecule has 2 rings (SSSR count). The highest BCUT2D eigenvalue weighted by Crippen LogP contribution is 2.21. The summed E-state index contributed by atoms with van der Waals surface area (Å²) in [5, 5.41) is 3.39. The molecule has 1 heterocycles. The maximum Gasteiger partial charge on any atom is 0.222 e. The number of aryl methyl sites for hydroxylation is 1. The van der Waals surface area contributed by atoms with Crippen molar-refractivity contribution in [3.8, 4) is 0 Å². The molecule has 1 amide bonds. The molecule has 116 valence electrons. The number of rotatable bonds is 6. The van der Waals surface area contributed by atoms with Gasteiger partial charge in [0.15, 0.2) is 0 Å². The number of hydrogen-bond donors (Lipinski definition) is 1. The molecule has 1 saturated heterocycles. The number of hydrogen-bond acceptors (Lipinski definition) is 2. The van der Waals surface area contributed by atoms with Crippen molar-refractivity contribution in [1.82, 2.24) is 10.2 Å². The summed E-state index contributed by atoms with van der Waals surface area (Å²) in [6.45, 7) is 4.05. The summed E-state index contributed by atoms with van der Waals surface area (Å²) in [5.74, 6) is 0.931. The molecule has 3 nitrogen and oxygen atoms in total. The zero-order valence-electron chi connectivity index (χ0n) is 13.3. The van der Waals surface area contributed by atoms with E-state index in [9.17, 15) is 4.79 Å². The van der Waals surface area contributed by atoms with Crippen LogP contribution in [0.1, 0.15) is 38.2 Å². The largest absolute Gasteiger partial charge is 0.342 e. The summed E-state index contributed by atoms with van der Waals surface area (Å²) in [4.78, 5) is 14.4. The molecule has 1 aromatic rings. The van der Waals surface area contributed by atoms with Gasteiger partial charge in [-0.2, -0.15) is 0 Å². The van der Waals surface area contributed by atoms with Gasteiger partial charge in [0.2, 0.25) is 5.91 Å². The lowest BCUT2D eigenvalue weighted by Gasteiger charge is -2.38. The SMILES string of the molecule is CCC1CN(C(=O)CCCc2ccccc2)CCC1NC. The summed E-state index contributed by atoms with van der Waals surface area (Å²) in [7, 11) is 2.03. The van der Waals surface area contributed by atoms with Gasteiger partial charge in [-0.3, -0.25) is 4.79 Å². The van der Waals surface area contributed by atoms with Gasteiger partial charge in [0.25, 0.3) is 0 Å². The molecule has 1 aliphatic rings. The summed E-state index contributed by atoms with van der Waals surface area (Å²) < 4.78 is 0. The number of carbonyl (C=O) groups is 1. The van der Waals surface area contributed by atoms with Crippen molar-refractivity contribution >= 4 is 5.91 Å². The van der Waals surface area contributed by atoms with Crippen molar-refractivity contribution < 1.29 is 4.79 Å². The number of piperidine rings is 1. The second kappa shape index (κ2) is 8.18. The van der Waals surface area contributed by atoms with Crippen molar-refractivity contribution in [2.45, 2.75) is 45.1 Å². The van der Waals surface area contributed by atoms with Crippen LogP contribution >= 0.6 is 0 Å². The molecular formula is C18H28N2O. The third-order valence-electron chi connectivity index (χ3n) is 4.68. The Labute approximate surface area is 128 Å². The zero-order valence-corrected chi connectivity index (χ0v) is 13.3. The lowest BCUT2D eigenvalue weighted by molar-refractivity contribution is -0.133. The number of amides is 1. The van der Waals surface area contributed by atoms with Crippen LogP contribution in [0.2, 0.25) is 0 Å². The molecule has 2 unspecified atom stereocenters. The van der Waals surface area contributed by atoms with E-state index in [1.54, 1.807) is 0 Å². The third-order valence-corrected chi connectivity index (χ3v) is 4.68. The molecule has 0 saturated carbocycles. The molecule has 0 bridgehead atoms. The Hall–Kier alpha value is -1.35. The number of nitrogens with zero attached hydrogens (tertiary/aromatic N) is 1. The van der Waals surface area contributed by atoms with E-state index in [1.807, 2.05) is 13.1 Å². The Kier molecular flexibility index (Phi) is 6.24. The fourth-order valence-corrected chi connectivity index (χ4v) is 3.30. The molecule has 1 N–H and O–H groups in total. The predicted molar refractivity (Wildman–Crippen MR) is 87.2 cm³/mol. The van der Waals surface area contributed by atoms with Crippen LogP contribution in [-0.2, 0) is 11.2 Å². The number of nitrogens with one attached hydrogen (secondary N) is 1. The number of carbonyl (C=O) groups excluding carboxylic acids is 1. The maximum atomic E-state index is 12.4. The second-order valence-electron chi connectivity index (χ2n) is 6.03. The Balaban J connectivity index is 1.76. The van der Waals surface area contributed by atoms with Gasteiger partial charge >= 0.3 is 0 Å². The van der Waals surface area contributed by atoms with Crippen LogP contribution in [0, 0.1) is 5.92 Å². The Morgan fingerprint density at radius 2 is 2.10 bits per heavy atom. The molecule has 1 aromatic carbocycles. The molecule has 21 heavy (non-hydrogen) atoms. The average molecular weight is 288 g/mol. The van der Waals surface area contributed by atoms with E-state index in [2.05, 4.69) is 41.4 Å². The van der Waals surface area contributed by atoms with E-state index in [0.29, 0.717) is 24.3 Å². The van der Waals surface area contributed by atoms with Crippen LogP contribution in [-0.4, -0.2) is 37.0 Å². The van der Waals surface area contributed by atoms with Gasteiger partial charge in [0, 0.05) is 25.6 Å². The van der Waals surface area contributed by atoms with Crippen molar-refractivity contribution in [3.63, 3.8) is 0 Å². The molecule has 1 aliphatic heterocycles. The smallest absolute Gasteiger partial charge is 0.222 e. The first-order chi connectivity index (χ1) is 10.2. The summed E-state index contributed by atoms with van der Waals surface area (Å²) in [5.41, 5.74) is 1.32. The van der Waals surface area contributed by atoms with E-state index in [4.69, 9.17) is 0 Å². The van der Waals surface area contributed by atoms with Crippen molar-refractivity contribution in [3.05, 3.63) is 35.9 Å². The maximum absolute atomic E-state index is 12.4. The molecule has 2 atom stereocenters. The van der Waals surface area contributed by atoms with Crippen molar-refractivity contribution in [1.29, 1.82) is 0 Å². The van der Waals surface area contributed by atoms with Gasteiger partial charge < -0.3 is 10.2 Å². The first-order valence-electron chi connectivity index (χ1n) is 8.23. The van der Waals surface area contributed by atoms with Gasteiger partial charge in [-0.05, 0) is 37.8 Å². The molecule has 3 heteroatoms. The van der Waals surface area contributed by atoms with E-state index in [-0.39, 0.29) is 0 Å². The minimum Gasteiger partial charge on any atom is -0.342 e. The Morgan fingerprint density at radius 3 is 2.76 bits per heavy atom. The summed E-state index contributed by atoms with van der Waals surface area (Å²) >= 11 is 0. The predicted octanol–water partition coefficient (Wildman–Crippen LogP) is 2.86. The van der Waals surface area contributed by atoms with E-state index < -0.39 is 0 Å². The highest BCUT2D eigenvalue weighted by atomic mass is 16.2. The molecule has 0 aliphatic carbocycles. The van der Waals surface area contributed by atoms with Crippen LogP contribution in [0.5, 0.6) is 0 Å². The highest BCUT2D eigenvalue weighted by molar-refractivity contribution is 5.76. The van der Waals surface area contributed by atoms with Crippen LogP contribution in [0.25, 0.3) is 0 Å². The summed E-state index contributed by atoms with van der Waals surface area (Å²) in [6, 6.07) is 11.0. The quantitative estimate of drug-likeness (QED) is 0.873. The van der Waals surface area contributed by atoms with Crippen molar-refractivity contribution in [2.75, 3.05) is 20.1 Å². The number of likely N-dealkylation sites (tertiary alicyclic amines) is 1. The molecular weight excluding hydrogens is 260 g/mol. The Bertz CT molecular complexity index is 432. The molecule has 0 spiro atoms. The molecule has 0 aromatic heterocycles. The van der Waals surface area contributed by atoms with E-state index >= 15 is 0 Å². The fraction of sp³-hybridized carbons (Fsp3) is 0.611. The minimum atomic E-state index is 0.332. The van der Waals surface area contributed by atoms with Gasteiger partial charge in [0.1, 0.15) is 0 Å². The number of benzene rings is 1. The van der Waals surface area contributed by atoms with Gasteiger partial charge in [-0.15, -0.1) is 0 Å². The highest BCUT2D eigenvalue weighted by Gasteiger charge is 2.28. The monoisotopic (exact) mass is 288 g/mol. The first-order valence-corrected chi connectivity index (χ1v) is 8.23. The van der Waals surface area contributed by atoms with E-state index in [1.165, 1.54) is 5.56 Å². The van der Waals surface area contributed by atoms with Crippen LogP contribution in [0.15, 0.2) is 30.3 Å². The fourth-order valence-electron chi connectivity index (χ4n) is 3.30. The Morgan fingerprint density at radius 1 is 1.33 bits per heavy atom. The van der Waals surface area contributed by atoms with Gasteiger partial charge in [-0.1, -0.05) is 43.7 Å². The van der Waals surface area contributed by atoms with E-state index in [0.717, 1.165) is 38.8 Å². The topological polar surface area (TPSA) is 32.3 Å². The van der Waals surface area contributed by atoms with Crippen LogP contribution < -0.4 is 5.32 Å². The first kappa shape index (κ1) is 16.0. The van der Waals surface area contributed by atoms with Gasteiger partial charge in [0.05, 0.1) is 0 Å². The lowest BCUT2D eigenvalue weighted by atomic mass is 9.90. The average Bonchev–Trinajstić information content (AvgIpc) is 2.55. The van der Waals surface area contributed by atoms with Gasteiger partial charge in [-0.25, -0.2) is 0 Å². The normalized spacial score (nSPS) is 22.3. The molecule has 1 fully saturated rings. The van der Waals surface area contributed by atoms with Crippen LogP contribution in [0.3, 0.4) is 0 Å². The van der Waals surface area contributed by atoms with Crippen LogP contribution in [0.4, 0.5) is 0 Å². The minimum absolute atomic E-state index is 0.332. The standard InChI is InChI=1S/C18H28N2O/c1-3-16-14-20(13-12-17(16)19-2)18(21)11-7-10-15-8-5-4-6-9-15/h4-6,8-9,16-17,19H,3,7,10-14H2,1-2H3. The lowest BCUT2D eigenvalue weighted by Crippen LogP contribution is -2.50. The summed E-state index contributed by atoms with van der Waals surface area (Å²) in [6.07, 6.45) is 4.84. The second-order valence-corrected chi connectivity index (χ2v) is 6.03. The molecule has 0 radical (unpaired) electrons. The zero-order chi connectivity index (χ0) is 15.1. The van der Waals surface area contributed by atoms with Crippen molar-refractivity contribution in [2.24, 2.45) is 5.92 Å². The third kappa shape index (κ3) is 4.57.